The van der Waals surface area contributed by atoms with E-state index in [1.807, 2.05) is 78.6 Å². The van der Waals surface area contributed by atoms with Gasteiger partial charge in [0.1, 0.15) is 11.6 Å². The molecular weight excluding hydrogens is 452 g/mol. The molecule has 7 nitrogen and oxygen atoms in total. The molecule has 2 N–H and O–H groups in total. The molecule has 1 aromatic heterocycles. The average Bonchev–Trinajstić information content (AvgIpc) is 3.35. The highest BCUT2D eigenvalue weighted by atomic mass is 16.5. The number of hydrogen-bond acceptors (Lipinski definition) is 5. The lowest BCUT2D eigenvalue weighted by Gasteiger charge is -2.27. The lowest BCUT2D eigenvalue weighted by Crippen LogP contribution is -2.41. The van der Waals surface area contributed by atoms with Gasteiger partial charge in [-0.2, -0.15) is 0 Å². The third-order valence-corrected chi connectivity index (χ3v) is 7.13. The number of nitrogens with two attached hydrogens (primary N) is 1. The summed E-state index contributed by atoms with van der Waals surface area (Å²) in [5, 5.41) is 0. The number of amides is 2. The van der Waals surface area contributed by atoms with E-state index in [4.69, 9.17) is 10.5 Å². The van der Waals surface area contributed by atoms with Crippen molar-refractivity contribution in [1.82, 2.24) is 14.8 Å². The molecule has 0 spiro atoms. The van der Waals surface area contributed by atoms with Gasteiger partial charge in [0.15, 0.2) is 0 Å². The monoisotopic (exact) mass is 482 g/mol. The van der Waals surface area contributed by atoms with Gasteiger partial charge in [-0.25, -0.2) is 0 Å². The fraction of sp³-hybridized carbons (Fsp3) is 0.276. The minimum atomic E-state index is -0.890. The summed E-state index contributed by atoms with van der Waals surface area (Å²) < 4.78 is 5.31. The molecule has 2 amide bonds. The van der Waals surface area contributed by atoms with Crippen LogP contribution in [0.1, 0.15) is 24.5 Å². The number of methoxy groups -OCH3 is 1. The Kier molecular flexibility index (Phi) is 6.22. The first-order chi connectivity index (χ1) is 17.4. The number of pyridine rings is 1. The van der Waals surface area contributed by atoms with E-state index in [0.717, 1.165) is 22.3 Å². The fourth-order valence-electron chi connectivity index (χ4n) is 5.13. The molecule has 7 heteroatoms. The molecule has 3 aromatic rings. The second kappa shape index (κ2) is 9.49. The van der Waals surface area contributed by atoms with Gasteiger partial charge in [-0.05, 0) is 41.8 Å². The molecule has 1 saturated heterocycles. The van der Waals surface area contributed by atoms with E-state index in [1.54, 1.807) is 24.4 Å². The van der Waals surface area contributed by atoms with Gasteiger partial charge >= 0.3 is 0 Å². The first-order valence-corrected chi connectivity index (χ1v) is 12.1. The van der Waals surface area contributed by atoms with Crippen LogP contribution in [-0.2, 0) is 21.5 Å². The molecule has 0 bridgehead atoms. The van der Waals surface area contributed by atoms with Gasteiger partial charge < -0.3 is 15.4 Å². The van der Waals surface area contributed by atoms with Gasteiger partial charge in [0.25, 0.3) is 0 Å². The first kappa shape index (κ1) is 23.6. The second-order valence-electron chi connectivity index (χ2n) is 9.71. The number of carbonyl (C=O) groups is 2. The minimum Gasteiger partial charge on any atom is -0.495 e. The van der Waals surface area contributed by atoms with E-state index in [1.165, 1.54) is 0 Å². The summed E-state index contributed by atoms with van der Waals surface area (Å²) in [4.78, 5) is 34.1. The zero-order valence-electron chi connectivity index (χ0n) is 20.6. The van der Waals surface area contributed by atoms with E-state index in [-0.39, 0.29) is 17.7 Å². The van der Waals surface area contributed by atoms with Gasteiger partial charge in [-0.3, -0.25) is 19.5 Å². The standard InChI is InChI=1S/C29H30N4O3/c1-29(24-10-6-9-22(12-24)23-13-25(36-2)16-31-15-23)14-26(30)33(28(29)35)19-21-11-27(34)32(18-21)17-20-7-4-3-5-8-20/h3-10,12-16,21H,11,17-19,30H2,1-2H3. The Balaban J connectivity index is 1.32. The van der Waals surface area contributed by atoms with Crippen LogP contribution in [0.15, 0.2) is 85.0 Å². The maximum atomic E-state index is 13.7. The lowest BCUT2D eigenvalue weighted by molar-refractivity contribution is -0.132. The highest BCUT2D eigenvalue weighted by molar-refractivity contribution is 5.94. The van der Waals surface area contributed by atoms with Crippen LogP contribution in [0, 0.1) is 5.92 Å². The zero-order valence-corrected chi connectivity index (χ0v) is 20.6. The SMILES string of the molecule is COc1cncc(-c2cccc(C3(C)C=C(N)N(CC4CC(=O)N(Cc5ccccc5)C4)C3=O)c2)c1. The number of aromatic nitrogens is 1. The Labute approximate surface area is 211 Å². The third-order valence-electron chi connectivity index (χ3n) is 7.13. The summed E-state index contributed by atoms with van der Waals surface area (Å²) in [5.74, 6) is 1.18. The van der Waals surface area contributed by atoms with E-state index in [9.17, 15) is 9.59 Å². The normalized spacial score (nSPS) is 21.7. The van der Waals surface area contributed by atoms with Gasteiger partial charge in [-0.15, -0.1) is 0 Å². The van der Waals surface area contributed by atoms with E-state index < -0.39 is 5.41 Å². The molecule has 2 aliphatic rings. The average molecular weight is 483 g/mol. The molecule has 2 aromatic carbocycles. The predicted molar refractivity (Wildman–Crippen MR) is 138 cm³/mol. The van der Waals surface area contributed by atoms with Crippen molar-refractivity contribution < 1.29 is 14.3 Å². The van der Waals surface area contributed by atoms with Crippen molar-refractivity contribution >= 4 is 11.8 Å². The smallest absolute Gasteiger partial charge is 0.242 e. The molecule has 2 atom stereocenters. The lowest BCUT2D eigenvalue weighted by atomic mass is 9.81. The Hall–Kier alpha value is -4.13. The molecule has 36 heavy (non-hydrogen) atoms. The van der Waals surface area contributed by atoms with Crippen LogP contribution in [-0.4, -0.2) is 46.8 Å². The van der Waals surface area contributed by atoms with Crippen LogP contribution in [0.4, 0.5) is 0 Å². The molecule has 0 aliphatic carbocycles. The number of nitrogens with zero attached hydrogens (tertiary/aromatic N) is 3. The predicted octanol–water partition coefficient (Wildman–Crippen LogP) is 3.71. The molecule has 2 unspecified atom stereocenters. The molecule has 2 aliphatic heterocycles. The third kappa shape index (κ3) is 4.44. The van der Waals surface area contributed by atoms with Gasteiger partial charge in [0, 0.05) is 43.7 Å². The van der Waals surface area contributed by atoms with Gasteiger partial charge in [-0.1, -0.05) is 48.5 Å². The number of ether oxygens (including phenoxy) is 1. The minimum absolute atomic E-state index is 0.0358. The van der Waals surface area contributed by atoms with E-state index >= 15 is 0 Å². The first-order valence-electron chi connectivity index (χ1n) is 12.1. The molecular formula is C29H30N4O3. The summed E-state index contributed by atoms with van der Waals surface area (Å²) in [5.41, 5.74) is 9.29. The quantitative estimate of drug-likeness (QED) is 0.555. The van der Waals surface area contributed by atoms with Gasteiger partial charge in [0.05, 0.1) is 18.7 Å². The number of hydrogen-bond donors (Lipinski definition) is 1. The summed E-state index contributed by atoms with van der Waals surface area (Å²) in [7, 11) is 1.61. The van der Waals surface area contributed by atoms with Crippen molar-refractivity contribution in [2.24, 2.45) is 11.7 Å². The number of likely N-dealkylation sites (tertiary alicyclic amines) is 1. The number of benzene rings is 2. The van der Waals surface area contributed by atoms with Crippen LogP contribution >= 0.6 is 0 Å². The Bertz CT molecular complexity index is 1320. The van der Waals surface area contributed by atoms with Crippen LogP contribution < -0.4 is 10.5 Å². The Morgan fingerprint density at radius 3 is 2.64 bits per heavy atom. The van der Waals surface area contributed by atoms with Gasteiger partial charge in [0.2, 0.25) is 11.8 Å². The maximum absolute atomic E-state index is 13.7. The second-order valence-corrected chi connectivity index (χ2v) is 9.71. The van der Waals surface area contributed by atoms with Crippen molar-refractivity contribution in [2.75, 3.05) is 20.2 Å². The molecule has 5 rings (SSSR count). The highest BCUT2D eigenvalue weighted by Crippen LogP contribution is 2.38. The topological polar surface area (TPSA) is 88.8 Å². The van der Waals surface area contributed by atoms with E-state index in [0.29, 0.717) is 37.6 Å². The largest absolute Gasteiger partial charge is 0.495 e. The highest BCUT2D eigenvalue weighted by Gasteiger charge is 2.45. The summed E-state index contributed by atoms with van der Waals surface area (Å²) in [6.45, 7) is 3.51. The molecule has 0 radical (unpaired) electrons. The van der Waals surface area contributed by atoms with Crippen molar-refractivity contribution in [3.8, 4) is 16.9 Å². The molecule has 3 heterocycles. The van der Waals surface area contributed by atoms with Crippen molar-refractivity contribution in [3.05, 3.63) is 96.1 Å². The zero-order chi connectivity index (χ0) is 25.3. The Morgan fingerprint density at radius 1 is 1.06 bits per heavy atom. The van der Waals surface area contributed by atoms with Crippen molar-refractivity contribution in [2.45, 2.75) is 25.3 Å². The van der Waals surface area contributed by atoms with Crippen LogP contribution in [0.5, 0.6) is 5.75 Å². The molecule has 184 valence electrons. The maximum Gasteiger partial charge on any atom is 0.242 e. The van der Waals surface area contributed by atoms with Crippen LogP contribution in [0.25, 0.3) is 11.1 Å². The van der Waals surface area contributed by atoms with Crippen LogP contribution in [0.3, 0.4) is 0 Å². The van der Waals surface area contributed by atoms with E-state index in [2.05, 4.69) is 4.98 Å². The summed E-state index contributed by atoms with van der Waals surface area (Å²) in [6, 6.07) is 19.7. The number of carbonyl (C=O) groups excluding carboxylic acids is 2. The molecule has 0 saturated carbocycles. The van der Waals surface area contributed by atoms with Crippen LogP contribution in [0.2, 0.25) is 0 Å². The number of rotatable bonds is 7. The fourth-order valence-corrected chi connectivity index (χ4v) is 5.13. The Morgan fingerprint density at radius 2 is 1.86 bits per heavy atom. The van der Waals surface area contributed by atoms with Crippen molar-refractivity contribution in [3.63, 3.8) is 0 Å². The molecule has 1 fully saturated rings. The van der Waals surface area contributed by atoms with Crippen molar-refractivity contribution in [1.29, 1.82) is 0 Å². The summed E-state index contributed by atoms with van der Waals surface area (Å²) >= 11 is 0. The summed E-state index contributed by atoms with van der Waals surface area (Å²) in [6.07, 6.45) is 5.68.